The summed E-state index contributed by atoms with van der Waals surface area (Å²) in [6, 6.07) is 0.124. The Morgan fingerprint density at radius 3 is 2.72 bits per heavy atom. The van der Waals surface area contributed by atoms with E-state index in [-0.39, 0.29) is 23.5 Å². The molecule has 0 amide bonds. The lowest BCUT2D eigenvalue weighted by atomic mass is 9.99. The van der Waals surface area contributed by atoms with Crippen LogP contribution in [-0.4, -0.2) is 34.8 Å². The SMILES string of the molecule is CC(C)n1ncc(Br)c1C(O)C1CCS(=O)(=O)C1. The van der Waals surface area contributed by atoms with Crippen molar-refractivity contribution in [3.05, 3.63) is 16.4 Å². The molecule has 1 aromatic heterocycles. The van der Waals surface area contributed by atoms with Gasteiger partial charge in [0.2, 0.25) is 0 Å². The van der Waals surface area contributed by atoms with Gasteiger partial charge in [-0.25, -0.2) is 8.42 Å². The van der Waals surface area contributed by atoms with Crippen LogP contribution in [-0.2, 0) is 9.84 Å². The average Bonchev–Trinajstić information content (AvgIpc) is 2.80. The molecule has 1 aromatic rings. The Bertz CT molecular complexity index is 538. The normalized spacial score (nSPS) is 24.6. The van der Waals surface area contributed by atoms with Crippen LogP contribution < -0.4 is 0 Å². The summed E-state index contributed by atoms with van der Waals surface area (Å²) in [6.07, 6.45) is 1.36. The summed E-state index contributed by atoms with van der Waals surface area (Å²) in [5, 5.41) is 14.6. The number of rotatable bonds is 3. The molecule has 0 saturated carbocycles. The van der Waals surface area contributed by atoms with E-state index in [1.54, 1.807) is 10.9 Å². The van der Waals surface area contributed by atoms with E-state index in [2.05, 4.69) is 21.0 Å². The highest BCUT2D eigenvalue weighted by molar-refractivity contribution is 9.10. The van der Waals surface area contributed by atoms with Crippen LogP contribution in [0.1, 0.15) is 38.1 Å². The minimum Gasteiger partial charge on any atom is -0.386 e. The summed E-state index contributed by atoms with van der Waals surface area (Å²) in [4.78, 5) is 0. The molecule has 0 bridgehead atoms. The largest absolute Gasteiger partial charge is 0.386 e. The maximum atomic E-state index is 11.5. The maximum Gasteiger partial charge on any atom is 0.150 e. The summed E-state index contributed by atoms with van der Waals surface area (Å²) in [5.41, 5.74) is 0.673. The molecule has 2 heterocycles. The van der Waals surface area contributed by atoms with Gasteiger partial charge in [-0.15, -0.1) is 0 Å². The predicted octanol–water partition coefficient (Wildman–Crippen LogP) is 1.69. The molecule has 0 radical (unpaired) electrons. The zero-order valence-corrected chi connectivity index (χ0v) is 12.8. The molecule has 2 atom stereocenters. The summed E-state index contributed by atoms with van der Waals surface area (Å²) in [7, 11) is -2.98. The Labute approximate surface area is 115 Å². The fourth-order valence-electron chi connectivity index (χ4n) is 2.33. The molecular weight excluding hydrogens is 320 g/mol. The Morgan fingerprint density at radius 1 is 1.56 bits per heavy atom. The third-order valence-electron chi connectivity index (χ3n) is 3.27. The van der Waals surface area contributed by atoms with Gasteiger partial charge in [0.1, 0.15) is 6.10 Å². The monoisotopic (exact) mass is 336 g/mol. The van der Waals surface area contributed by atoms with Gasteiger partial charge in [0.25, 0.3) is 0 Å². The van der Waals surface area contributed by atoms with Crippen molar-refractivity contribution in [2.75, 3.05) is 11.5 Å². The van der Waals surface area contributed by atoms with Crippen LogP contribution in [0.4, 0.5) is 0 Å². The molecule has 1 aliphatic heterocycles. The number of aromatic nitrogens is 2. The number of aliphatic hydroxyl groups excluding tert-OH is 1. The molecule has 5 nitrogen and oxygen atoms in total. The first-order valence-electron chi connectivity index (χ1n) is 5.93. The summed E-state index contributed by atoms with van der Waals surface area (Å²) in [6.45, 7) is 3.95. The zero-order chi connectivity index (χ0) is 13.5. The Balaban J connectivity index is 2.29. The third-order valence-corrected chi connectivity index (χ3v) is 5.68. The van der Waals surface area contributed by atoms with Gasteiger partial charge >= 0.3 is 0 Å². The molecule has 0 aromatic carbocycles. The van der Waals surface area contributed by atoms with Crippen molar-refractivity contribution in [2.45, 2.75) is 32.4 Å². The van der Waals surface area contributed by atoms with Crippen LogP contribution in [0.3, 0.4) is 0 Å². The standard InChI is InChI=1S/C11H17BrN2O3S/c1-7(2)14-10(9(12)5-13-14)11(15)8-3-4-18(16,17)6-8/h5,7-8,11,15H,3-4,6H2,1-2H3. The molecule has 7 heteroatoms. The fraction of sp³-hybridized carbons (Fsp3) is 0.727. The highest BCUT2D eigenvalue weighted by Crippen LogP contribution is 2.35. The molecule has 1 saturated heterocycles. The van der Waals surface area contributed by atoms with Crippen molar-refractivity contribution in [1.82, 2.24) is 9.78 Å². The molecular formula is C11H17BrN2O3S. The molecule has 0 aliphatic carbocycles. The quantitative estimate of drug-likeness (QED) is 0.911. The average molecular weight is 337 g/mol. The van der Waals surface area contributed by atoms with E-state index in [0.29, 0.717) is 12.1 Å². The van der Waals surface area contributed by atoms with Crippen molar-refractivity contribution >= 4 is 25.8 Å². The zero-order valence-electron chi connectivity index (χ0n) is 10.4. The highest BCUT2D eigenvalue weighted by Gasteiger charge is 2.36. The molecule has 2 rings (SSSR count). The molecule has 0 spiro atoms. The number of hydrogen-bond donors (Lipinski definition) is 1. The summed E-state index contributed by atoms with van der Waals surface area (Å²) >= 11 is 3.37. The Kier molecular flexibility index (Phi) is 3.85. The lowest BCUT2D eigenvalue weighted by molar-refractivity contribution is 0.109. The molecule has 1 N–H and O–H groups in total. The summed E-state index contributed by atoms with van der Waals surface area (Å²) in [5.74, 6) is -0.00743. The Hall–Kier alpha value is -0.400. The van der Waals surface area contributed by atoms with Crippen LogP contribution in [0, 0.1) is 5.92 Å². The lowest BCUT2D eigenvalue weighted by Gasteiger charge is -2.20. The summed E-state index contributed by atoms with van der Waals surface area (Å²) < 4.78 is 25.4. The first-order valence-corrected chi connectivity index (χ1v) is 8.54. The van der Waals surface area contributed by atoms with Gasteiger partial charge in [0.15, 0.2) is 9.84 Å². The molecule has 18 heavy (non-hydrogen) atoms. The van der Waals surface area contributed by atoms with E-state index in [0.717, 1.165) is 4.47 Å². The van der Waals surface area contributed by atoms with Crippen molar-refractivity contribution in [3.8, 4) is 0 Å². The molecule has 1 aliphatic rings. The number of nitrogens with zero attached hydrogens (tertiary/aromatic N) is 2. The highest BCUT2D eigenvalue weighted by atomic mass is 79.9. The van der Waals surface area contributed by atoms with Gasteiger partial charge in [0, 0.05) is 12.0 Å². The number of sulfone groups is 1. The minimum atomic E-state index is -2.98. The van der Waals surface area contributed by atoms with E-state index in [1.807, 2.05) is 13.8 Å². The van der Waals surface area contributed by atoms with E-state index >= 15 is 0 Å². The fourth-order valence-corrected chi connectivity index (χ4v) is 4.67. The first-order chi connectivity index (χ1) is 8.32. The molecule has 1 fully saturated rings. The second kappa shape index (κ2) is 4.94. The third kappa shape index (κ3) is 2.62. The van der Waals surface area contributed by atoms with Gasteiger partial charge in [-0.05, 0) is 36.2 Å². The Morgan fingerprint density at radius 2 is 2.22 bits per heavy atom. The van der Waals surface area contributed by atoms with Crippen LogP contribution >= 0.6 is 15.9 Å². The van der Waals surface area contributed by atoms with Crippen molar-refractivity contribution < 1.29 is 13.5 Å². The molecule has 102 valence electrons. The van der Waals surface area contributed by atoms with Crippen molar-refractivity contribution in [2.24, 2.45) is 5.92 Å². The van der Waals surface area contributed by atoms with Crippen LogP contribution in [0.2, 0.25) is 0 Å². The van der Waals surface area contributed by atoms with Gasteiger partial charge in [-0.3, -0.25) is 4.68 Å². The minimum absolute atomic E-state index is 0.0594. The van der Waals surface area contributed by atoms with E-state index in [4.69, 9.17) is 0 Å². The topological polar surface area (TPSA) is 72.2 Å². The van der Waals surface area contributed by atoms with Gasteiger partial charge in [-0.2, -0.15) is 5.10 Å². The van der Waals surface area contributed by atoms with Crippen LogP contribution in [0.25, 0.3) is 0 Å². The van der Waals surface area contributed by atoms with Crippen molar-refractivity contribution in [1.29, 1.82) is 0 Å². The van der Waals surface area contributed by atoms with E-state index in [9.17, 15) is 13.5 Å². The van der Waals surface area contributed by atoms with Crippen LogP contribution in [0.15, 0.2) is 10.7 Å². The predicted molar refractivity (Wildman–Crippen MR) is 72.0 cm³/mol. The number of hydrogen-bond acceptors (Lipinski definition) is 4. The lowest BCUT2D eigenvalue weighted by Crippen LogP contribution is -2.19. The number of halogens is 1. The van der Waals surface area contributed by atoms with Gasteiger partial charge < -0.3 is 5.11 Å². The van der Waals surface area contributed by atoms with E-state index in [1.165, 1.54) is 0 Å². The van der Waals surface area contributed by atoms with Crippen LogP contribution in [0.5, 0.6) is 0 Å². The van der Waals surface area contributed by atoms with E-state index < -0.39 is 15.9 Å². The van der Waals surface area contributed by atoms with Crippen molar-refractivity contribution in [3.63, 3.8) is 0 Å². The smallest absolute Gasteiger partial charge is 0.150 e. The first kappa shape index (κ1) is 14.0. The number of aliphatic hydroxyl groups is 1. The molecule has 2 unspecified atom stereocenters. The second-order valence-electron chi connectivity index (χ2n) is 5.02. The maximum absolute atomic E-state index is 11.5. The van der Waals surface area contributed by atoms with Gasteiger partial charge in [0.05, 0.1) is 27.9 Å². The second-order valence-corrected chi connectivity index (χ2v) is 8.11. The van der Waals surface area contributed by atoms with Gasteiger partial charge in [-0.1, -0.05) is 0 Å².